The van der Waals surface area contributed by atoms with Crippen molar-refractivity contribution in [2.75, 3.05) is 7.05 Å². The van der Waals surface area contributed by atoms with E-state index in [4.69, 9.17) is 0 Å². The smallest absolute Gasteiger partial charge is 0.307 e. The van der Waals surface area contributed by atoms with Gasteiger partial charge in [0.15, 0.2) is 0 Å². The Hall–Kier alpha value is -1.36. The van der Waals surface area contributed by atoms with Crippen LogP contribution in [0, 0.1) is 17.8 Å². The first-order chi connectivity index (χ1) is 9.88. The molecule has 0 radical (unpaired) electrons. The molecule has 1 aliphatic rings. The first-order valence-electron chi connectivity index (χ1n) is 7.10. The van der Waals surface area contributed by atoms with E-state index in [2.05, 4.69) is 15.9 Å². The van der Waals surface area contributed by atoms with Gasteiger partial charge in [-0.2, -0.15) is 0 Å². The minimum Gasteiger partial charge on any atom is -0.481 e. The molecule has 1 aromatic carbocycles. The Morgan fingerprint density at radius 2 is 2.00 bits per heavy atom. The van der Waals surface area contributed by atoms with E-state index in [-0.39, 0.29) is 5.91 Å². The number of carbonyl (C=O) groups is 2. The van der Waals surface area contributed by atoms with Gasteiger partial charge in [-0.3, -0.25) is 9.59 Å². The Labute approximate surface area is 133 Å². The lowest BCUT2D eigenvalue weighted by Crippen LogP contribution is -2.36. The molecule has 0 aliphatic heterocycles. The van der Waals surface area contributed by atoms with Gasteiger partial charge in [0.25, 0.3) is 0 Å². The van der Waals surface area contributed by atoms with Crippen molar-refractivity contribution in [1.29, 1.82) is 0 Å². The number of halogens is 1. The van der Waals surface area contributed by atoms with E-state index >= 15 is 0 Å². The van der Waals surface area contributed by atoms with E-state index in [1.54, 1.807) is 11.9 Å². The third kappa shape index (κ3) is 3.84. The predicted octanol–water partition coefficient (Wildman–Crippen LogP) is 3.15. The molecule has 0 aromatic heterocycles. The molecule has 0 bridgehead atoms. The molecular weight excluding hydrogens is 334 g/mol. The van der Waals surface area contributed by atoms with Crippen LogP contribution in [-0.2, 0) is 16.1 Å². The largest absolute Gasteiger partial charge is 0.481 e. The van der Waals surface area contributed by atoms with Gasteiger partial charge in [0.1, 0.15) is 0 Å². The minimum absolute atomic E-state index is 0.0632. The van der Waals surface area contributed by atoms with Crippen molar-refractivity contribution in [3.63, 3.8) is 0 Å². The summed E-state index contributed by atoms with van der Waals surface area (Å²) in [6.45, 7) is 2.51. The van der Waals surface area contributed by atoms with Gasteiger partial charge in [0.2, 0.25) is 5.91 Å². The SMILES string of the molecule is CC1CC(C(=O)O)C(C(=O)N(C)Cc2cccc(Br)c2)C1. The first-order valence-corrected chi connectivity index (χ1v) is 7.90. The monoisotopic (exact) mass is 353 g/mol. The number of rotatable bonds is 4. The number of aliphatic carboxylic acids is 1. The van der Waals surface area contributed by atoms with Gasteiger partial charge in [-0.05, 0) is 36.5 Å². The summed E-state index contributed by atoms with van der Waals surface area (Å²) < 4.78 is 0.971. The van der Waals surface area contributed by atoms with Gasteiger partial charge in [0.05, 0.1) is 11.8 Å². The zero-order valence-electron chi connectivity index (χ0n) is 12.3. The van der Waals surface area contributed by atoms with E-state index in [1.807, 2.05) is 31.2 Å². The van der Waals surface area contributed by atoms with Crippen molar-refractivity contribution in [3.8, 4) is 0 Å². The highest BCUT2D eigenvalue weighted by Gasteiger charge is 2.42. The van der Waals surface area contributed by atoms with Crippen molar-refractivity contribution >= 4 is 27.8 Å². The minimum atomic E-state index is -0.853. The van der Waals surface area contributed by atoms with E-state index in [1.165, 1.54) is 0 Å². The van der Waals surface area contributed by atoms with Gasteiger partial charge in [-0.15, -0.1) is 0 Å². The van der Waals surface area contributed by atoms with Crippen LogP contribution in [0.25, 0.3) is 0 Å². The van der Waals surface area contributed by atoms with Crippen LogP contribution in [0.2, 0.25) is 0 Å². The molecule has 0 spiro atoms. The fraction of sp³-hybridized carbons (Fsp3) is 0.500. The molecule has 1 amide bonds. The number of carboxylic acid groups (broad SMARTS) is 1. The van der Waals surface area contributed by atoms with Crippen molar-refractivity contribution in [2.24, 2.45) is 17.8 Å². The Balaban J connectivity index is 2.06. The van der Waals surface area contributed by atoms with E-state index in [9.17, 15) is 14.7 Å². The number of hydrogen-bond donors (Lipinski definition) is 1. The van der Waals surface area contributed by atoms with Crippen molar-refractivity contribution in [3.05, 3.63) is 34.3 Å². The standard InChI is InChI=1S/C16H20BrNO3/c1-10-6-13(14(7-10)16(20)21)15(19)18(2)9-11-4-3-5-12(17)8-11/h3-5,8,10,13-14H,6-7,9H2,1-2H3,(H,20,21). The highest BCUT2D eigenvalue weighted by atomic mass is 79.9. The number of hydrogen-bond acceptors (Lipinski definition) is 2. The van der Waals surface area contributed by atoms with E-state index in [0.717, 1.165) is 10.0 Å². The Morgan fingerprint density at radius 3 is 2.62 bits per heavy atom. The number of carboxylic acids is 1. The fourth-order valence-electron chi connectivity index (χ4n) is 3.11. The summed E-state index contributed by atoms with van der Waals surface area (Å²) in [6, 6.07) is 7.79. The Morgan fingerprint density at radius 1 is 1.33 bits per heavy atom. The normalized spacial score (nSPS) is 24.8. The van der Waals surface area contributed by atoms with Crippen LogP contribution < -0.4 is 0 Å². The lowest BCUT2D eigenvalue weighted by Gasteiger charge is -2.23. The zero-order chi connectivity index (χ0) is 15.6. The molecule has 114 valence electrons. The summed E-state index contributed by atoms with van der Waals surface area (Å²) in [5.74, 6) is -1.56. The second-order valence-corrected chi connectivity index (χ2v) is 6.87. The highest BCUT2D eigenvalue weighted by Crippen LogP contribution is 2.37. The quantitative estimate of drug-likeness (QED) is 0.904. The average molecular weight is 354 g/mol. The van der Waals surface area contributed by atoms with Gasteiger partial charge in [0, 0.05) is 18.1 Å². The molecule has 1 fully saturated rings. The zero-order valence-corrected chi connectivity index (χ0v) is 13.8. The van der Waals surface area contributed by atoms with Crippen LogP contribution in [0.15, 0.2) is 28.7 Å². The van der Waals surface area contributed by atoms with E-state index < -0.39 is 17.8 Å². The summed E-state index contributed by atoms with van der Waals surface area (Å²) in [5.41, 5.74) is 1.03. The number of carbonyl (C=O) groups excluding carboxylic acids is 1. The molecule has 3 unspecified atom stereocenters. The van der Waals surface area contributed by atoms with Crippen molar-refractivity contribution in [1.82, 2.24) is 4.90 Å². The topological polar surface area (TPSA) is 57.6 Å². The van der Waals surface area contributed by atoms with Crippen molar-refractivity contribution in [2.45, 2.75) is 26.3 Å². The van der Waals surface area contributed by atoms with Crippen LogP contribution in [-0.4, -0.2) is 28.9 Å². The lowest BCUT2D eigenvalue weighted by molar-refractivity contribution is -0.148. The molecule has 1 aliphatic carbocycles. The average Bonchev–Trinajstić information content (AvgIpc) is 2.80. The molecule has 21 heavy (non-hydrogen) atoms. The fourth-order valence-corrected chi connectivity index (χ4v) is 3.55. The second-order valence-electron chi connectivity index (χ2n) is 5.95. The molecule has 3 atom stereocenters. The molecular formula is C16H20BrNO3. The molecule has 1 N–H and O–H groups in total. The van der Waals surface area contributed by atoms with Crippen molar-refractivity contribution < 1.29 is 14.7 Å². The van der Waals surface area contributed by atoms with Crippen LogP contribution in [0.4, 0.5) is 0 Å². The first kappa shape index (κ1) is 16.0. The van der Waals surface area contributed by atoms with E-state index in [0.29, 0.717) is 25.3 Å². The van der Waals surface area contributed by atoms with Crippen LogP contribution in [0.3, 0.4) is 0 Å². The molecule has 4 nitrogen and oxygen atoms in total. The Bertz CT molecular complexity index is 546. The highest BCUT2D eigenvalue weighted by molar-refractivity contribution is 9.10. The Kier molecular flexibility index (Phi) is 5.04. The molecule has 2 rings (SSSR count). The maximum absolute atomic E-state index is 12.5. The summed E-state index contributed by atoms with van der Waals surface area (Å²) in [5, 5.41) is 9.28. The number of amides is 1. The molecule has 0 heterocycles. The maximum Gasteiger partial charge on any atom is 0.307 e. The van der Waals surface area contributed by atoms with Crippen LogP contribution >= 0.6 is 15.9 Å². The summed E-state index contributed by atoms with van der Waals surface area (Å²) in [4.78, 5) is 25.5. The lowest BCUT2D eigenvalue weighted by atomic mass is 9.95. The second kappa shape index (κ2) is 6.60. The summed E-state index contributed by atoms with van der Waals surface area (Å²) >= 11 is 3.41. The number of benzene rings is 1. The van der Waals surface area contributed by atoms with Gasteiger partial charge in [-0.1, -0.05) is 35.0 Å². The molecule has 0 saturated heterocycles. The molecule has 5 heteroatoms. The van der Waals surface area contributed by atoms with Gasteiger partial charge in [-0.25, -0.2) is 0 Å². The molecule has 1 saturated carbocycles. The van der Waals surface area contributed by atoms with Crippen LogP contribution in [0.1, 0.15) is 25.3 Å². The maximum atomic E-state index is 12.5. The van der Waals surface area contributed by atoms with Gasteiger partial charge >= 0.3 is 5.97 Å². The predicted molar refractivity (Wildman–Crippen MR) is 83.6 cm³/mol. The molecule has 1 aromatic rings. The summed E-state index contributed by atoms with van der Waals surface area (Å²) in [6.07, 6.45) is 1.26. The third-order valence-electron chi connectivity index (χ3n) is 4.12. The van der Waals surface area contributed by atoms with Gasteiger partial charge < -0.3 is 10.0 Å². The summed E-state index contributed by atoms with van der Waals surface area (Å²) in [7, 11) is 1.74. The third-order valence-corrected chi connectivity index (χ3v) is 4.61. The number of nitrogens with zero attached hydrogens (tertiary/aromatic N) is 1. The van der Waals surface area contributed by atoms with Crippen LogP contribution in [0.5, 0.6) is 0 Å².